The van der Waals surface area contributed by atoms with Crippen molar-refractivity contribution < 1.29 is 9.21 Å². The molecule has 2 heterocycles. The van der Waals surface area contributed by atoms with Gasteiger partial charge in [-0.25, -0.2) is 0 Å². The Morgan fingerprint density at radius 1 is 1.24 bits per heavy atom. The number of furan rings is 1. The summed E-state index contributed by atoms with van der Waals surface area (Å²) >= 11 is 6.68. The summed E-state index contributed by atoms with van der Waals surface area (Å²) in [5.41, 5.74) is 1.50. The first-order valence-corrected chi connectivity index (χ1v) is 7.89. The maximum atomic E-state index is 12.4. The molecule has 3 aromatic rings. The Morgan fingerprint density at radius 3 is 2.76 bits per heavy atom. The van der Waals surface area contributed by atoms with Gasteiger partial charge in [0, 0.05) is 22.4 Å². The Balaban J connectivity index is 1.82. The number of amides is 1. The lowest BCUT2D eigenvalue weighted by Gasteiger charge is -2.14. The number of rotatable bonds is 3. The number of H-pyrrole nitrogens is 1. The van der Waals surface area contributed by atoms with Crippen molar-refractivity contribution in [2.45, 2.75) is 6.54 Å². The highest BCUT2D eigenvalue weighted by atomic mass is 79.9. The first-order valence-electron chi connectivity index (χ1n) is 6.31. The van der Waals surface area contributed by atoms with Crippen LogP contribution in [-0.2, 0) is 6.54 Å². The van der Waals surface area contributed by atoms with Crippen molar-refractivity contribution in [2.24, 2.45) is 0 Å². The summed E-state index contributed by atoms with van der Waals surface area (Å²) in [6.45, 7) is 0.420. The number of aromatic amines is 1. The molecule has 0 atom stereocenters. The van der Waals surface area contributed by atoms with Crippen molar-refractivity contribution in [2.75, 3.05) is 7.05 Å². The molecule has 1 N–H and O–H groups in total. The van der Waals surface area contributed by atoms with E-state index >= 15 is 0 Å². The average Bonchev–Trinajstić information content (AvgIpc) is 3.03. The summed E-state index contributed by atoms with van der Waals surface area (Å²) in [7, 11) is 1.75. The lowest BCUT2D eigenvalue weighted by Crippen LogP contribution is -2.26. The fraction of sp³-hybridized carbons (Fsp3) is 0.133. The SMILES string of the molecule is CN(Cc1ccc(Br)o1)C(=O)c1cc2ccc(Br)cc2[nH]1. The summed E-state index contributed by atoms with van der Waals surface area (Å²) in [5.74, 6) is 0.659. The van der Waals surface area contributed by atoms with E-state index in [1.165, 1.54) is 0 Å². The highest BCUT2D eigenvalue weighted by molar-refractivity contribution is 9.10. The van der Waals surface area contributed by atoms with Crippen molar-refractivity contribution in [3.63, 3.8) is 0 Å². The zero-order chi connectivity index (χ0) is 15.0. The van der Waals surface area contributed by atoms with Crippen LogP contribution < -0.4 is 0 Å². The van der Waals surface area contributed by atoms with Crippen LogP contribution in [0.4, 0.5) is 0 Å². The van der Waals surface area contributed by atoms with Crippen LogP contribution in [0.15, 0.2) is 50.0 Å². The van der Waals surface area contributed by atoms with Gasteiger partial charge in [-0.15, -0.1) is 0 Å². The summed E-state index contributed by atoms with van der Waals surface area (Å²) in [6, 6.07) is 11.4. The number of hydrogen-bond acceptors (Lipinski definition) is 2. The molecular weight excluding hydrogens is 400 g/mol. The predicted octanol–water partition coefficient (Wildman–Crippen LogP) is 4.56. The highest BCUT2D eigenvalue weighted by Gasteiger charge is 2.16. The molecule has 2 aromatic heterocycles. The van der Waals surface area contributed by atoms with E-state index in [0.717, 1.165) is 21.1 Å². The van der Waals surface area contributed by atoms with Gasteiger partial charge in [-0.3, -0.25) is 4.79 Å². The number of benzene rings is 1. The van der Waals surface area contributed by atoms with Crippen LogP contribution >= 0.6 is 31.9 Å². The summed E-state index contributed by atoms with van der Waals surface area (Å²) in [6.07, 6.45) is 0. The van der Waals surface area contributed by atoms with Crippen molar-refractivity contribution in [1.29, 1.82) is 0 Å². The number of aromatic nitrogens is 1. The normalized spacial score (nSPS) is 11.0. The van der Waals surface area contributed by atoms with Gasteiger partial charge in [0.05, 0.1) is 6.54 Å². The fourth-order valence-electron chi connectivity index (χ4n) is 2.16. The second-order valence-corrected chi connectivity index (χ2v) is 6.48. The molecule has 0 saturated carbocycles. The third kappa shape index (κ3) is 3.06. The molecule has 0 aliphatic heterocycles. The van der Waals surface area contributed by atoms with Crippen molar-refractivity contribution in [3.8, 4) is 0 Å². The van der Waals surface area contributed by atoms with Crippen molar-refractivity contribution >= 4 is 48.7 Å². The molecule has 6 heteroatoms. The average molecular weight is 412 g/mol. The van der Waals surface area contributed by atoms with E-state index in [2.05, 4.69) is 36.8 Å². The number of nitrogens with zero attached hydrogens (tertiary/aromatic N) is 1. The van der Waals surface area contributed by atoms with E-state index in [-0.39, 0.29) is 5.91 Å². The third-order valence-corrected chi connectivity index (χ3v) is 4.10. The van der Waals surface area contributed by atoms with E-state index in [1.54, 1.807) is 11.9 Å². The van der Waals surface area contributed by atoms with Crippen LogP contribution in [-0.4, -0.2) is 22.8 Å². The third-order valence-electron chi connectivity index (χ3n) is 3.18. The van der Waals surface area contributed by atoms with Crippen molar-refractivity contribution in [1.82, 2.24) is 9.88 Å². The van der Waals surface area contributed by atoms with E-state index in [9.17, 15) is 4.79 Å². The zero-order valence-corrected chi connectivity index (χ0v) is 14.4. The van der Waals surface area contributed by atoms with Gasteiger partial charge >= 0.3 is 0 Å². The molecule has 21 heavy (non-hydrogen) atoms. The lowest BCUT2D eigenvalue weighted by atomic mass is 10.2. The Morgan fingerprint density at radius 2 is 2.05 bits per heavy atom. The van der Waals surface area contributed by atoms with Crippen LogP contribution in [0.3, 0.4) is 0 Å². The molecule has 1 amide bonds. The molecule has 0 saturated heterocycles. The second kappa shape index (κ2) is 5.69. The Kier molecular flexibility index (Phi) is 3.91. The summed E-state index contributed by atoms with van der Waals surface area (Å²) in [4.78, 5) is 17.2. The lowest BCUT2D eigenvalue weighted by molar-refractivity contribution is 0.0770. The van der Waals surface area contributed by atoms with Gasteiger partial charge in [-0.2, -0.15) is 0 Å². The quantitative estimate of drug-likeness (QED) is 0.686. The largest absolute Gasteiger partial charge is 0.452 e. The Labute approximate surface area is 138 Å². The van der Waals surface area contributed by atoms with Gasteiger partial charge in [0.2, 0.25) is 0 Å². The molecule has 0 bridgehead atoms. The van der Waals surface area contributed by atoms with Crippen LogP contribution in [0, 0.1) is 0 Å². The van der Waals surface area contributed by atoms with Crippen LogP contribution in [0.2, 0.25) is 0 Å². The van der Waals surface area contributed by atoms with Gasteiger partial charge in [0.25, 0.3) is 5.91 Å². The number of carbonyl (C=O) groups is 1. The molecule has 1 aromatic carbocycles. The molecule has 108 valence electrons. The number of fused-ring (bicyclic) bond motifs is 1. The Bertz CT molecular complexity index is 807. The van der Waals surface area contributed by atoms with Crippen LogP contribution in [0.5, 0.6) is 0 Å². The topological polar surface area (TPSA) is 49.2 Å². The predicted molar refractivity (Wildman–Crippen MR) is 88.2 cm³/mol. The van der Waals surface area contributed by atoms with E-state index in [4.69, 9.17) is 4.42 Å². The minimum absolute atomic E-state index is 0.0742. The monoisotopic (exact) mass is 410 g/mol. The first-order chi connectivity index (χ1) is 10.0. The molecule has 0 aliphatic rings. The molecule has 0 aliphatic carbocycles. The number of halogens is 2. The van der Waals surface area contributed by atoms with Gasteiger partial charge in [0.1, 0.15) is 11.5 Å². The minimum atomic E-state index is -0.0742. The van der Waals surface area contributed by atoms with E-state index in [1.807, 2.05) is 36.4 Å². The van der Waals surface area contributed by atoms with Crippen LogP contribution in [0.25, 0.3) is 10.9 Å². The van der Waals surface area contributed by atoms with E-state index < -0.39 is 0 Å². The maximum absolute atomic E-state index is 12.4. The van der Waals surface area contributed by atoms with Gasteiger partial charge in [0.15, 0.2) is 4.67 Å². The molecule has 0 radical (unpaired) electrons. The molecule has 0 fully saturated rings. The van der Waals surface area contributed by atoms with Gasteiger partial charge in [-0.1, -0.05) is 22.0 Å². The number of hydrogen-bond donors (Lipinski definition) is 1. The van der Waals surface area contributed by atoms with Gasteiger partial charge in [-0.05, 0) is 46.3 Å². The number of carbonyl (C=O) groups excluding carboxylic acids is 1. The summed E-state index contributed by atoms with van der Waals surface area (Å²) < 4.78 is 7.06. The van der Waals surface area contributed by atoms with E-state index in [0.29, 0.717) is 16.9 Å². The minimum Gasteiger partial charge on any atom is -0.452 e. The fourth-order valence-corrected chi connectivity index (χ4v) is 2.86. The molecular formula is C15H12Br2N2O2. The smallest absolute Gasteiger partial charge is 0.270 e. The molecule has 3 rings (SSSR count). The Hall–Kier alpha value is -1.53. The zero-order valence-electron chi connectivity index (χ0n) is 11.2. The van der Waals surface area contributed by atoms with Gasteiger partial charge < -0.3 is 14.3 Å². The first kappa shape index (κ1) is 14.4. The molecule has 0 unspecified atom stereocenters. The maximum Gasteiger partial charge on any atom is 0.270 e. The molecule has 4 nitrogen and oxygen atoms in total. The second-order valence-electron chi connectivity index (χ2n) is 4.78. The van der Waals surface area contributed by atoms with Crippen LogP contribution in [0.1, 0.15) is 16.2 Å². The highest BCUT2D eigenvalue weighted by Crippen LogP contribution is 2.21. The standard InChI is InChI=1S/C15H12Br2N2O2/c1-19(8-11-4-5-14(17)21-11)15(20)13-6-9-2-3-10(16)7-12(9)18-13/h2-7,18H,8H2,1H3. The molecule has 0 spiro atoms. The summed E-state index contributed by atoms with van der Waals surface area (Å²) in [5, 5.41) is 1.01. The number of nitrogens with one attached hydrogen (secondary N) is 1. The van der Waals surface area contributed by atoms with Crippen molar-refractivity contribution in [3.05, 3.63) is 57.0 Å².